The molecule has 0 saturated heterocycles. The fourth-order valence-electron chi connectivity index (χ4n) is 3.59. The van der Waals surface area contributed by atoms with Gasteiger partial charge in [0.2, 0.25) is 5.91 Å². The van der Waals surface area contributed by atoms with E-state index >= 15 is 0 Å². The molecule has 1 aliphatic rings. The summed E-state index contributed by atoms with van der Waals surface area (Å²) in [5.74, 6) is -1.27. The molecule has 0 heterocycles. The number of alkyl carbamates (subject to hydrolysis) is 1. The fourth-order valence-corrected chi connectivity index (χ4v) is 3.59. The van der Waals surface area contributed by atoms with E-state index in [-0.39, 0.29) is 6.42 Å². The predicted molar refractivity (Wildman–Crippen MR) is 111 cm³/mol. The zero-order chi connectivity index (χ0) is 22.4. The lowest BCUT2D eigenvalue weighted by Crippen LogP contribution is -2.61. The summed E-state index contributed by atoms with van der Waals surface area (Å²) in [4.78, 5) is 37.7. The number of esters is 1. The molecule has 2 atom stereocenters. The molecule has 3 N–H and O–H groups in total. The molecule has 0 bridgehead atoms. The zero-order valence-corrected chi connectivity index (χ0v) is 18.1. The molecular formula is C22H32N2O6. The third-order valence-corrected chi connectivity index (χ3v) is 5.01. The van der Waals surface area contributed by atoms with Crippen molar-refractivity contribution in [3.63, 3.8) is 0 Å². The van der Waals surface area contributed by atoms with Crippen LogP contribution in [0.2, 0.25) is 0 Å². The SMILES string of the molecule is COC(=O)[C@H](Cc1ccccc1)NC(=O)[C@@H](NC(=O)OC(C)(C)C)C1(O)CCCC1. The highest BCUT2D eigenvalue weighted by Crippen LogP contribution is 2.33. The molecule has 1 fully saturated rings. The number of aliphatic hydroxyl groups is 1. The molecular weight excluding hydrogens is 388 g/mol. The normalized spacial score (nSPS) is 17.5. The molecule has 0 spiro atoms. The minimum Gasteiger partial charge on any atom is -0.467 e. The lowest BCUT2D eigenvalue weighted by atomic mass is 9.91. The molecule has 8 nitrogen and oxygen atoms in total. The zero-order valence-electron chi connectivity index (χ0n) is 18.1. The maximum absolute atomic E-state index is 13.1. The molecule has 1 aliphatic carbocycles. The van der Waals surface area contributed by atoms with Crippen LogP contribution in [0.15, 0.2) is 30.3 Å². The molecule has 1 aromatic rings. The number of carbonyl (C=O) groups excluding carboxylic acids is 3. The molecule has 1 aromatic carbocycles. The number of carbonyl (C=O) groups is 3. The number of benzene rings is 1. The van der Waals surface area contributed by atoms with Gasteiger partial charge in [-0.1, -0.05) is 43.2 Å². The number of methoxy groups -OCH3 is 1. The molecule has 166 valence electrons. The summed E-state index contributed by atoms with van der Waals surface area (Å²) in [6.07, 6.45) is 1.61. The standard InChI is InChI=1S/C22H32N2O6/c1-21(2,3)30-20(27)24-17(22(28)12-8-9-13-22)18(25)23-16(19(26)29-4)14-15-10-6-5-7-11-15/h5-7,10-11,16-17,28H,8-9,12-14H2,1-4H3,(H,23,25)(H,24,27)/t16-,17+/m0/s1. The topological polar surface area (TPSA) is 114 Å². The summed E-state index contributed by atoms with van der Waals surface area (Å²) in [5.41, 5.74) is -1.33. The molecule has 0 radical (unpaired) electrons. The van der Waals surface area contributed by atoms with Crippen LogP contribution in [0.25, 0.3) is 0 Å². The van der Waals surface area contributed by atoms with Gasteiger partial charge in [0.15, 0.2) is 0 Å². The Morgan fingerprint density at radius 1 is 1.10 bits per heavy atom. The van der Waals surface area contributed by atoms with Crippen LogP contribution in [-0.4, -0.2) is 53.5 Å². The molecule has 2 rings (SSSR count). The quantitative estimate of drug-likeness (QED) is 0.582. The van der Waals surface area contributed by atoms with Crippen molar-refractivity contribution >= 4 is 18.0 Å². The van der Waals surface area contributed by atoms with E-state index in [2.05, 4.69) is 10.6 Å². The van der Waals surface area contributed by atoms with Crippen LogP contribution < -0.4 is 10.6 Å². The summed E-state index contributed by atoms with van der Waals surface area (Å²) in [6, 6.07) is 6.98. The second kappa shape index (κ2) is 9.93. The summed E-state index contributed by atoms with van der Waals surface area (Å²) >= 11 is 0. The lowest BCUT2D eigenvalue weighted by molar-refractivity contribution is -0.146. The Morgan fingerprint density at radius 3 is 2.23 bits per heavy atom. The Labute approximate surface area is 177 Å². The number of ether oxygens (including phenoxy) is 2. The first-order valence-corrected chi connectivity index (χ1v) is 10.2. The van der Waals surface area contributed by atoms with Crippen LogP contribution in [0.1, 0.15) is 52.0 Å². The minimum atomic E-state index is -1.41. The Bertz CT molecular complexity index is 738. The first-order valence-electron chi connectivity index (χ1n) is 10.2. The van der Waals surface area contributed by atoms with Crippen molar-refractivity contribution in [2.24, 2.45) is 0 Å². The lowest BCUT2D eigenvalue weighted by Gasteiger charge is -2.33. The first-order chi connectivity index (χ1) is 14.0. The van der Waals surface area contributed by atoms with Gasteiger partial charge in [-0.15, -0.1) is 0 Å². The van der Waals surface area contributed by atoms with Crippen molar-refractivity contribution in [3.8, 4) is 0 Å². The van der Waals surface area contributed by atoms with Crippen molar-refractivity contribution in [1.29, 1.82) is 0 Å². The Hall–Kier alpha value is -2.61. The van der Waals surface area contributed by atoms with Crippen LogP contribution in [-0.2, 0) is 25.5 Å². The Kier molecular flexibility index (Phi) is 7.83. The Balaban J connectivity index is 2.19. The van der Waals surface area contributed by atoms with Crippen molar-refractivity contribution in [2.75, 3.05) is 7.11 Å². The van der Waals surface area contributed by atoms with Crippen LogP contribution in [0.3, 0.4) is 0 Å². The summed E-state index contributed by atoms with van der Waals surface area (Å²) < 4.78 is 10.1. The maximum Gasteiger partial charge on any atom is 0.408 e. The molecule has 30 heavy (non-hydrogen) atoms. The van der Waals surface area contributed by atoms with Gasteiger partial charge >= 0.3 is 12.1 Å². The van der Waals surface area contributed by atoms with Crippen LogP contribution in [0.5, 0.6) is 0 Å². The highest BCUT2D eigenvalue weighted by molar-refractivity contribution is 5.90. The third kappa shape index (κ3) is 6.73. The molecule has 0 aromatic heterocycles. The van der Waals surface area contributed by atoms with E-state index in [1.54, 1.807) is 20.8 Å². The van der Waals surface area contributed by atoms with Crippen molar-refractivity contribution in [3.05, 3.63) is 35.9 Å². The van der Waals surface area contributed by atoms with Crippen molar-refractivity contribution in [2.45, 2.75) is 76.2 Å². The molecule has 2 amide bonds. The molecule has 8 heteroatoms. The maximum atomic E-state index is 13.1. The van der Waals surface area contributed by atoms with Gasteiger partial charge in [-0.25, -0.2) is 9.59 Å². The van der Waals surface area contributed by atoms with E-state index in [9.17, 15) is 19.5 Å². The van der Waals surface area contributed by atoms with E-state index in [0.717, 1.165) is 18.4 Å². The van der Waals surface area contributed by atoms with Gasteiger partial charge in [0.25, 0.3) is 0 Å². The van der Waals surface area contributed by atoms with E-state index in [4.69, 9.17) is 9.47 Å². The van der Waals surface area contributed by atoms with Gasteiger partial charge in [-0.05, 0) is 39.2 Å². The highest BCUT2D eigenvalue weighted by Gasteiger charge is 2.45. The summed E-state index contributed by atoms with van der Waals surface area (Å²) in [7, 11) is 1.24. The minimum absolute atomic E-state index is 0.219. The second-order valence-corrected chi connectivity index (χ2v) is 8.66. The highest BCUT2D eigenvalue weighted by atomic mass is 16.6. The monoisotopic (exact) mass is 420 g/mol. The van der Waals surface area contributed by atoms with Gasteiger partial charge in [0.1, 0.15) is 17.7 Å². The smallest absolute Gasteiger partial charge is 0.408 e. The number of hydrogen-bond donors (Lipinski definition) is 3. The summed E-state index contributed by atoms with van der Waals surface area (Å²) in [5, 5.41) is 16.2. The molecule has 0 unspecified atom stereocenters. The van der Waals surface area contributed by atoms with Gasteiger partial charge in [-0.3, -0.25) is 4.79 Å². The van der Waals surface area contributed by atoms with E-state index in [0.29, 0.717) is 12.8 Å². The average molecular weight is 421 g/mol. The van der Waals surface area contributed by atoms with Crippen molar-refractivity contribution < 1.29 is 29.0 Å². The largest absolute Gasteiger partial charge is 0.467 e. The van der Waals surface area contributed by atoms with E-state index in [1.807, 2.05) is 30.3 Å². The van der Waals surface area contributed by atoms with Gasteiger partial charge < -0.3 is 25.2 Å². The number of rotatable bonds is 7. The van der Waals surface area contributed by atoms with Gasteiger partial charge in [-0.2, -0.15) is 0 Å². The molecule has 0 aliphatic heterocycles. The Morgan fingerprint density at radius 2 is 1.70 bits per heavy atom. The number of nitrogens with one attached hydrogen (secondary N) is 2. The van der Waals surface area contributed by atoms with Crippen LogP contribution in [0, 0.1) is 0 Å². The summed E-state index contributed by atoms with van der Waals surface area (Å²) in [6.45, 7) is 5.12. The predicted octanol–water partition coefficient (Wildman–Crippen LogP) is 2.09. The van der Waals surface area contributed by atoms with E-state index in [1.165, 1.54) is 7.11 Å². The second-order valence-electron chi connectivity index (χ2n) is 8.66. The van der Waals surface area contributed by atoms with Crippen LogP contribution in [0.4, 0.5) is 4.79 Å². The van der Waals surface area contributed by atoms with Crippen molar-refractivity contribution in [1.82, 2.24) is 10.6 Å². The third-order valence-electron chi connectivity index (χ3n) is 5.01. The first kappa shape index (κ1) is 23.7. The average Bonchev–Trinajstić information content (AvgIpc) is 3.11. The number of hydrogen-bond acceptors (Lipinski definition) is 6. The van der Waals surface area contributed by atoms with Crippen LogP contribution >= 0.6 is 0 Å². The number of amides is 2. The fraction of sp³-hybridized carbons (Fsp3) is 0.591. The van der Waals surface area contributed by atoms with Gasteiger partial charge in [0.05, 0.1) is 12.7 Å². The van der Waals surface area contributed by atoms with Gasteiger partial charge in [0, 0.05) is 6.42 Å². The van der Waals surface area contributed by atoms with E-state index < -0.39 is 41.3 Å². The molecule has 1 saturated carbocycles.